The van der Waals surface area contributed by atoms with Crippen LogP contribution in [0.5, 0.6) is 0 Å². The fourth-order valence-corrected chi connectivity index (χ4v) is 4.46. The van der Waals surface area contributed by atoms with Gasteiger partial charge >= 0.3 is 0 Å². The van der Waals surface area contributed by atoms with Gasteiger partial charge in [0.15, 0.2) is 0 Å². The first kappa shape index (κ1) is 13.2. The second kappa shape index (κ2) is 5.28. The number of hydrogen-bond acceptors (Lipinski definition) is 1. The van der Waals surface area contributed by atoms with Gasteiger partial charge in [-0.3, -0.25) is 0 Å². The Bertz CT molecular complexity index is 439. The van der Waals surface area contributed by atoms with Crippen molar-refractivity contribution in [3.05, 3.63) is 35.4 Å². The summed E-state index contributed by atoms with van der Waals surface area (Å²) in [6, 6.07) is 8.68. The SMILES string of the molecule is CCC1CCCCC1C1(O)CCc2ccccc2C1. The van der Waals surface area contributed by atoms with Crippen molar-refractivity contribution in [2.24, 2.45) is 11.8 Å². The Balaban J connectivity index is 1.84. The molecule has 1 N–H and O–H groups in total. The lowest BCUT2D eigenvalue weighted by atomic mass is 9.63. The summed E-state index contributed by atoms with van der Waals surface area (Å²) in [5, 5.41) is 11.2. The first-order valence-electron chi connectivity index (χ1n) is 8.02. The van der Waals surface area contributed by atoms with E-state index in [2.05, 4.69) is 31.2 Å². The van der Waals surface area contributed by atoms with Gasteiger partial charge in [-0.25, -0.2) is 0 Å². The predicted octanol–water partition coefficient (Wildman–Crippen LogP) is 4.12. The summed E-state index contributed by atoms with van der Waals surface area (Å²) < 4.78 is 0. The summed E-state index contributed by atoms with van der Waals surface area (Å²) >= 11 is 0. The van der Waals surface area contributed by atoms with Crippen LogP contribution in [0.4, 0.5) is 0 Å². The Morgan fingerprint density at radius 1 is 1.16 bits per heavy atom. The Hall–Kier alpha value is -0.820. The molecule has 2 aliphatic carbocycles. The van der Waals surface area contributed by atoms with E-state index in [4.69, 9.17) is 0 Å². The van der Waals surface area contributed by atoms with Gasteiger partial charge in [0.25, 0.3) is 0 Å². The quantitative estimate of drug-likeness (QED) is 0.846. The van der Waals surface area contributed by atoms with Crippen LogP contribution < -0.4 is 0 Å². The Morgan fingerprint density at radius 3 is 2.68 bits per heavy atom. The standard InChI is InChI=1S/C18H26O/c1-2-14-7-5-6-10-17(14)18(19)12-11-15-8-3-4-9-16(15)13-18/h3-4,8-9,14,17,19H,2,5-7,10-13H2,1H3. The van der Waals surface area contributed by atoms with Crippen LogP contribution in [0.25, 0.3) is 0 Å². The lowest BCUT2D eigenvalue weighted by Gasteiger charge is -2.45. The van der Waals surface area contributed by atoms with Gasteiger partial charge in [0.1, 0.15) is 0 Å². The summed E-state index contributed by atoms with van der Waals surface area (Å²) in [6.45, 7) is 2.29. The molecule has 0 radical (unpaired) electrons. The zero-order valence-corrected chi connectivity index (χ0v) is 12.1. The van der Waals surface area contributed by atoms with Crippen molar-refractivity contribution in [3.8, 4) is 0 Å². The molecule has 1 aromatic carbocycles. The van der Waals surface area contributed by atoms with Gasteiger partial charge in [0, 0.05) is 6.42 Å². The fourth-order valence-electron chi connectivity index (χ4n) is 4.46. The zero-order valence-electron chi connectivity index (χ0n) is 12.1. The van der Waals surface area contributed by atoms with E-state index in [0.717, 1.165) is 25.2 Å². The lowest BCUT2D eigenvalue weighted by Crippen LogP contribution is -2.47. The van der Waals surface area contributed by atoms with E-state index in [0.29, 0.717) is 5.92 Å². The largest absolute Gasteiger partial charge is 0.389 e. The average Bonchev–Trinajstić information content (AvgIpc) is 2.47. The van der Waals surface area contributed by atoms with Crippen LogP contribution in [0.2, 0.25) is 0 Å². The molecule has 0 aliphatic heterocycles. The molecular weight excluding hydrogens is 232 g/mol. The number of aliphatic hydroxyl groups is 1. The number of hydrogen-bond donors (Lipinski definition) is 1. The van der Waals surface area contributed by atoms with E-state index in [1.807, 2.05) is 0 Å². The van der Waals surface area contributed by atoms with Crippen LogP contribution in [0.1, 0.15) is 56.6 Å². The lowest BCUT2D eigenvalue weighted by molar-refractivity contribution is -0.0677. The molecule has 19 heavy (non-hydrogen) atoms. The van der Waals surface area contributed by atoms with Crippen molar-refractivity contribution >= 4 is 0 Å². The molecule has 0 aromatic heterocycles. The Morgan fingerprint density at radius 2 is 1.89 bits per heavy atom. The van der Waals surface area contributed by atoms with E-state index >= 15 is 0 Å². The molecule has 0 heterocycles. The highest BCUT2D eigenvalue weighted by Gasteiger charge is 2.43. The molecule has 3 rings (SSSR count). The highest BCUT2D eigenvalue weighted by molar-refractivity contribution is 5.32. The molecule has 1 fully saturated rings. The minimum atomic E-state index is -0.435. The summed E-state index contributed by atoms with van der Waals surface area (Å²) in [7, 11) is 0. The second-order valence-corrected chi connectivity index (χ2v) is 6.61. The molecule has 104 valence electrons. The highest BCUT2D eigenvalue weighted by atomic mass is 16.3. The van der Waals surface area contributed by atoms with Crippen molar-refractivity contribution in [3.63, 3.8) is 0 Å². The Labute approximate surface area is 117 Å². The van der Waals surface area contributed by atoms with E-state index in [-0.39, 0.29) is 0 Å². The normalized spacial score (nSPS) is 34.8. The molecule has 0 saturated heterocycles. The number of rotatable bonds is 2. The first-order chi connectivity index (χ1) is 9.23. The van der Waals surface area contributed by atoms with Crippen LogP contribution in [0.15, 0.2) is 24.3 Å². The number of benzene rings is 1. The third-order valence-corrected chi connectivity index (χ3v) is 5.57. The molecule has 3 unspecified atom stereocenters. The third kappa shape index (κ3) is 2.45. The minimum absolute atomic E-state index is 0.435. The molecule has 0 bridgehead atoms. The topological polar surface area (TPSA) is 20.2 Å². The van der Waals surface area contributed by atoms with Crippen molar-refractivity contribution in [1.29, 1.82) is 0 Å². The molecule has 0 amide bonds. The average molecular weight is 258 g/mol. The maximum Gasteiger partial charge on any atom is 0.0721 e. The van der Waals surface area contributed by atoms with Gasteiger partial charge in [0.2, 0.25) is 0 Å². The van der Waals surface area contributed by atoms with Crippen LogP contribution in [-0.4, -0.2) is 10.7 Å². The van der Waals surface area contributed by atoms with E-state index in [1.54, 1.807) is 0 Å². The van der Waals surface area contributed by atoms with Gasteiger partial charge < -0.3 is 5.11 Å². The summed E-state index contributed by atoms with van der Waals surface area (Å²) in [5.74, 6) is 1.27. The van der Waals surface area contributed by atoms with Gasteiger partial charge in [-0.2, -0.15) is 0 Å². The third-order valence-electron chi connectivity index (χ3n) is 5.57. The van der Waals surface area contributed by atoms with Crippen LogP contribution in [-0.2, 0) is 12.8 Å². The Kier molecular flexibility index (Phi) is 3.66. The number of aryl methyl sites for hydroxylation is 1. The summed E-state index contributed by atoms with van der Waals surface area (Å²) in [5.41, 5.74) is 2.41. The highest BCUT2D eigenvalue weighted by Crippen LogP contribution is 2.44. The molecule has 2 aliphatic rings. The van der Waals surface area contributed by atoms with E-state index in [9.17, 15) is 5.11 Å². The van der Waals surface area contributed by atoms with E-state index in [1.165, 1.54) is 43.2 Å². The van der Waals surface area contributed by atoms with Gasteiger partial charge in [-0.1, -0.05) is 56.9 Å². The monoisotopic (exact) mass is 258 g/mol. The van der Waals surface area contributed by atoms with Crippen molar-refractivity contribution in [2.45, 2.75) is 63.9 Å². The van der Waals surface area contributed by atoms with E-state index < -0.39 is 5.60 Å². The number of fused-ring (bicyclic) bond motifs is 1. The molecule has 1 saturated carbocycles. The fraction of sp³-hybridized carbons (Fsp3) is 0.667. The smallest absolute Gasteiger partial charge is 0.0721 e. The maximum absolute atomic E-state index is 11.2. The second-order valence-electron chi connectivity index (χ2n) is 6.61. The van der Waals surface area contributed by atoms with Crippen molar-refractivity contribution in [1.82, 2.24) is 0 Å². The van der Waals surface area contributed by atoms with Crippen LogP contribution in [0.3, 0.4) is 0 Å². The maximum atomic E-state index is 11.2. The van der Waals surface area contributed by atoms with Crippen molar-refractivity contribution < 1.29 is 5.11 Å². The van der Waals surface area contributed by atoms with Gasteiger partial charge in [-0.15, -0.1) is 0 Å². The predicted molar refractivity (Wildman–Crippen MR) is 79.2 cm³/mol. The van der Waals surface area contributed by atoms with Crippen LogP contribution >= 0.6 is 0 Å². The van der Waals surface area contributed by atoms with Gasteiger partial charge in [0.05, 0.1) is 5.60 Å². The molecule has 0 spiro atoms. The molecule has 1 aromatic rings. The van der Waals surface area contributed by atoms with Gasteiger partial charge in [-0.05, 0) is 42.2 Å². The van der Waals surface area contributed by atoms with Crippen LogP contribution in [0, 0.1) is 11.8 Å². The minimum Gasteiger partial charge on any atom is -0.389 e. The zero-order chi connectivity index (χ0) is 13.3. The summed E-state index contributed by atoms with van der Waals surface area (Å²) in [6.07, 6.45) is 9.36. The first-order valence-corrected chi connectivity index (χ1v) is 8.02. The molecular formula is C18H26O. The summed E-state index contributed by atoms with van der Waals surface area (Å²) in [4.78, 5) is 0. The molecule has 1 heteroatoms. The molecule has 1 nitrogen and oxygen atoms in total. The van der Waals surface area contributed by atoms with Crippen molar-refractivity contribution in [2.75, 3.05) is 0 Å². The molecule has 3 atom stereocenters.